The number of rotatable bonds is 4. The van der Waals surface area contributed by atoms with Crippen molar-refractivity contribution in [3.8, 4) is 17.0 Å². The Morgan fingerprint density at radius 2 is 2.00 bits per heavy atom. The number of carbonyl (C=O) groups is 1. The van der Waals surface area contributed by atoms with Crippen molar-refractivity contribution in [3.63, 3.8) is 0 Å². The molecule has 1 aliphatic heterocycles. The minimum Gasteiger partial charge on any atom is -0.482 e. The standard InChI is InChI=1S/C24H15BrF2N4O2S/c25-16-3-1-2-14(8-16)11-28-31-21(15-4-7-22-20(9-15)29-23(32)12-33-22)13-34-24(31)30-19-6-5-17(26)10-18(19)27/h1-11,13H,12H2,(H,29,32). The number of ether oxygens (including phenoxy) is 1. The van der Waals surface area contributed by atoms with Crippen molar-refractivity contribution in [2.45, 2.75) is 0 Å². The van der Waals surface area contributed by atoms with Crippen LogP contribution < -0.4 is 14.9 Å². The molecule has 5 rings (SSSR count). The SMILES string of the molecule is O=C1COc2ccc(-c3csc(=Nc4ccc(F)cc4F)n3N=Cc3cccc(Br)c3)cc2N1. The average molecular weight is 541 g/mol. The highest BCUT2D eigenvalue weighted by Crippen LogP contribution is 2.33. The molecule has 0 atom stereocenters. The van der Waals surface area contributed by atoms with Crippen molar-refractivity contribution in [1.82, 2.24) is 4.68 Å². The highest BCUT2D eigenvalue weighted by Gasteiger charge is 2.18. The van der Waals surface area contributed by atoms with Crippen molar-refractivity contribution in [1.29, 1.82) is 0 Å². The van der Waals surface area contributed by atoms with Gasteiger partial charge in [-0.25, -0.2) is 18.4 Å². The van der Waals surface area contributed by atoms with E-state index in [1.807, 2.05) is 35.7 Å². The maximum atomic E-state index is 14.3. The van der Waals surface area contributed by atoms with Crippen molar-refractivity contribution in [2.75, 3.05) is 11.9 Å². The molecule has 0 saturated carbocycles. The van der Waals surface area contributed by atoms with Crippen LogP contribution in [-0.2, 0) is 4.79 Å². The second-order valence-electron chi connectivity index (χ2n) is 7.27. The van der Waals surface area contributed by atoms with Gasteiger partial charge in [-0.1, -0.05) is 28.1 Å². The first-order chi connectivity index (χ1) is 16.5. The minimum absolute atomic E-state index is 0.00712. The number of hydrogen-bond acceptors (Lipinski definition) is 5. The predicted molar refractivity (Wildman–Crippen MR) is 131 cm³/mol. The van der Waals surface area contributed by atoms with Gasteiger partial charge in [0.25, 0.3) is 5.91 Å². The summed E-state index contributed by atoms with van der Waals surface area (Å²) in [5.74, 6) is -1.12. The largest absolute Gasteiger partial charge is 0.482 e. The molecule has 0 radical (unpaired) electrons. The van der Waals surface area contributed by atoms with Crippen molar-refractivity contribution in [2.24, 2.45) is 10.1 Å². The van der Waals surface area contributed by atoms with Crippen molar-refractivity contribution >= 4 is 50.8 Å². The Morgan fingerprint density at radius 3 is 2.82 bits per heavy atom. The zero-order valence-electron chi connectivity index (χ0n) is 17.3. The number of nitrogens with zero attached hydrogens (tertiary/aromatic N) is 3. The van der Waals surface area contributed by atoms with Crippen LogP contribution in [0.2, 0.25) is 0 Å². The Hall–Kier alpha value is -3.63. The summed E-state index contributed by atoms with van der Waals surface area (Å²) < 4.78 is 35.5. The van der Waals surface area contributed by atoms with Gasteiger partial charge >= 0.3 is 0 Å². The summed E-state index contributed by atoms with van der Waals surface area (Å²) in [6, 6.07) is 16.2. The number of amides is 1. The molecule has 1 aromatic heterocycles. The normalized spacial score (nSPS) is 13.6. The molecule has 10 heteroatoms. The Balaban J connectivity index is 1.64. The van der Waals surface area contributed by atoms with Crippen LogP contribution in [0.25, 0.3) is 11.3 Å². The number of thiazole rings is 1. The molecule has 1 amide bonds. The average Bonchev–Trinajstić information content (AvgIpc) is 3.21. The molecule has 0 saturated heterocycles. The van der Waals surface area contributed by atoms with Crippen LogP contribution in [0.4, 0.5) is 20.2 Å². The third-order valence-corrected chi connectivity index (χ3v) is 6.20. The van der Waals surface area contributed by atoms with E-state index < -0.39 is 11.6 Å². The molecule has 0 fully saturated rings. The highest BCUT2D eigenvalue weighted by molar-refractivity contribution is 9.10. The summed E-state index contributed by atoms with van der Waals surface area (Å²) in [5.41, 5.74) is 2.79. The van der Waals surface area contributed by atoms with E-state index in [9.17, 15) is 13.6 Å². The molecule has 4 aromatic rings. The van der Waals surface area contributed by atoms with Gasteiger partial charge in [0.2, 0.25) is 4.80 Å². The smallest absolute Gasteiger partial charge is 0.262 e. The number of fused-ring (bicyclic) bond motifs is 1. The van der Waals surface area contributed by atoms with Gasteiger partial charge in [0.1, 0.15) is 17.3 Å². The molecular formula is C24H15BrF2N4O2S. The Morgan fingerprint density at radius 1 is 1.12 bits per heavy atom. The fourth-order valence-electron chi connectivity index (χ4n) is 3.32. The first kappa shape index (κ1) is 22.2. The van der Waals surface area contributed by atoms with E-state index in [1.54, 1.807) is 23.0 Å². The van der Waals surface area contributed by atoms with E-state index in [0.29, 0.717) is 21.9 Å². The zero-order valence-corrected chi connectivity index (χ0v) is 19.7. The van der Waals surface area contributed by atoms with Crippen LogP contribution in [0.15, 0.2) is 80.6 Å². The molecule has 3 aromatic carbocycles. The lowest BCUT2D eigenvalue weighted by Crippen LogP contribution is -2.25. The third kappa shape index (κ3) is 4.68. The molecule has 0 bridgehead atoms. The van der Waals surface area contributed by atoms with E-state index in [4.69, 9.17) is 4.74 Å². The van der Waals surface area contributed by atoms with E-state index in [0.717, 1.165) is 27.7 Å². The van der Waals surface area contributed by atoms with Gasteiger partial charge in [0.05, 0.1) is 17.6 Å². The summed E-state index contributed by atoms with van der Waals surface area (Å²) in [4.78, 5) is 16.5. The Bertz CT molecular complexity index is 1510. The van der Waals surface area contributed by atoms with Crippen LogP contribution in [0.5, 0.6) is 5.75 Å². The highest BCUT2D eigenvalue weighted by atomic mass is 79.9. The fourth-order valence-corrected chi connectivity index (χ4v) is 4.58. The second kappa shape index (κ2) is 9.32. The minimum atomic E-state index is -0.772. The van der Waals surface area contributed by atoms with Crippen LogP contribution in [0.3, 0.4) is 0 Å². The third-order valence-electron chi connectivity index (χ3n) is 4.89. The first-order valence-corrected chi connectivity index (χ1v) is 11.7. The molecule has 1 N–H and O–H groups in total. The molecule has 0 spiro atoms. The van der Waals surface area contributed by atoms with E-state index in [1.165, 1.54) is 17.4 Å². The Kier molecular flexibility index (Phi) is 6.08. The maximum Gasteiger partial charge on any atom is 0.262 e. The van der Waals surface area contributed by atoms with Gasteiger partial charge in [-0.3, -0.25) is 4.79 Å². The topological polar surface area (TPSA) is 68.0 Å². The molecule has 34 heavy (non-hydrogen) atoms. The lowest BCUT2D eigenvalue weighted by Gasteiger charge is -2.18. The fraction of sp³-hybridized carbons (Fsp3) is 0.0417. The number of aromatic nitrogens is 1. The van der Waals surface area contributed by atoms with Crippen molar-refractivity contribution < 1.29 is 18.3 Å². The van der Waals surface area contributed by atoms with Gasteiger partial charge < -0.3 is 10.1 Å². The first-order valence-electron chi connectivity index (χ1n) is 10.0. The van der Waals surface area contributed by atoms with Crippen LogP contribution in [-0.4, -0.2) is 23.4 Å². The van der Waals surface area contributed by atoms with Gasteiger partial charge in [-0.2, -0.15) is 5.10 Å². The van der Waals surface area contributed by atoms with Gasteiger partial charge in [0, 0.05) is 21.5 Å². The molecule has 0 aliphatic carbocycles. The molecular weight excluding hydrogens is 526 g/mol. The predicted octanol–water partition coefficient (Wildman–Crippen LogP) is 5.70. The van der Waals surface area contributed by atoms with Crippen LogP contribution >= 0.6 is 27.3 Å². The molecule has 170 valence electrons. The number of carbonyl (C=O) groups excluding carboxylic acids is 1. The number of halogens is 3. The molecule has 2 heterocycles. The summed E-state index contributed by atoms with van der Waals surface area (Å²) in [5, 5.41) is 9.21. The summed E-state index contributed by atoms with van der Waals surface area (Å²) in [7, 11) is 0. The number of nitrogens with one attached hydrogen (secondary N) is 1. The molecule has 1 aliphatic rings. The molecule has 0 unspecified atom stereocenters. The number of hydrogen-bond donors (Lipinski definition) is 1. The van der Waals surface area contributed by atoms with Gasteiger partial charge in [-0.15, -0.1) is 11.3 Å². The quantitative estimate of drug-likeness (QED) is 0.337. The van der Waals surface area contributed by atoms with Gasteiger partial charge in [-0.05, 0) is 48.0 Å². The molecule has 6 nitrogen and oxygen atoms in total. The summed E-state index contributed by atoms with van der Waals surface area (Å²) >= 11 is 4.69. The number of benzene rings is 3. The number of anilines is 1. The Labute approximate surface area is 205 Å². The second-order valence-corrected chi connectivity index (χ2v) is 9.02. The monoisotopic (exact) mass is 540 g/mol. The van der Waals surface area contributed by atoms with Crippen LogP contribution in [0.1, 0.15) is 5.56 Å². The van der Waals surface area contributed by atoms with E-state index in [-0.39, 0.29) is 18.2 Å². The van der Waals surface area contributed by atoms with Gasteiger partial charge in [0.15, 0.2) is 12.4 Å². The lowest BCUT2D eigenvalue weighted by atomic mass is 10.1. The van der Waals surface area contributed by atoms with E-state index >= 15 is 0 Å². The summed E-state index contributed by atoms with van der Waals surface area (Å²) in [6.07, 6.45) is 1.66. The lowest BCUT2D eigenvalue weighted by molar-refractivity contribution is -0.118. The van der Waals surface area contributed by atoms with Crippen molar-refractivity contribution in [3.05, 3.63) is 92.5 Å². The zero-order chi connectivity index (χ0) is 23.7. The van der Waals surface area contributed by atoms with E-state index in [2.05, 4.69) is 31.3 Å². The van der Waals surface area contributed by atoms with Crippen LogP contribution in [0, 0.1) is 11.6 Å². The maximum absolute atomic E-state index is 14.3. The summed E-state index contributed by atoms with van der Waals surface area (Å²) in [6.45, 7) is -0.0337.